The summed E-state index contributed by atoms with van der Waals surface area (Å²) in [6.07, 6.45) is 9.53. The Morgan fingerprint density at radius 3 is 2.52 bits per heavy atom. The van der Waals surface area contributed by atoms with Crippen LogP contribution in [-0.4, -0.2) is 29.7 Å². The second kappa shape index (κ2) is 5.99. The predicted octanol–water partition coefficient (Wildman–Crippen LogP) is 2.34. The first-order valence-electron chi connectivity index (χ1n) is 8.08. The second-order valence-electron chi connectivity index (χ2n) is 6.62. The van der Waals surface area contributed by atoms with Crippen molar-refractivity contribution in [1.29, 1.82) is 0 Å². The molecule has 118 valence electrons. The maximum absolute atomic E-state index is 11.6. The van der Waals surface area contributed by atoms with Crippen LogP contribution in [0.4, 0.5) is 5.82 Å². The SMILES string of the molecule is Nc1cc(CC2CCCCCC2)nn1C1CCS(=O)(=O)C1. The Morgan fingerprint density at radius 2 is 1.90 bits per heavy atom. The zero-order valence-electron chi connectivity index (χ0n) is 12.5. The highest BCUT2D eigenvalue weighted by atomic mass is 32.2. The van der Waals surface area contributed by atoms with Crippen molar-refractivity contribution in [3.05, 3.63) is 11.8 Å². The Balaban J connectivity index is 1.69. The van der Waals surface area contributed by atoms with Gasteiger partial charge in [0.2, 0.25) is 0 Å². The van der Waals surface area contributed by atoms with Gasteiger partial charge in [0, 0.05) is 6.07 Å². The van der Waals surface area contributed by atoms with Crippen LogP contribution in [0.5, 0.6) is 0 Å². The predicted molar refractivity (Wildman–Crippen MR) is 83.8 cm³/mol. The number of anilines is 1. The molecule has 0 bridgehead atoms. The molecule has 2 fully saturated rings. The molecule has 2 N–H and O–H groups in total. The third-order valence-electron chi connectivity index (χ3n) is 4.84. The van der Waals surface area contributed by atoms with Crippen LogP contribution in [0, 0.1) is 5.92 Å². The highest BCUT2D eigenvalue weighted by Crippen LogP contribution is 2.29. The fourth-order valence-electron chi connectivity index (χ4n) is 3.69. The molecule has 3 rings (SSSR count). The molecule has 1 saturated heterocycles. The van der Waals surface area contributed by atoms with E-state index in [1.807, 2.05) is 6.07 Å². The highest BCUT2D eigenvalue weighted by molar-refractivity contribution is 7.91. The van der Waals surface area contributed by atoms with Crippen molar-refractivity contribution >= 4 is 15.7 Å². The van der Waals surface area contributed by atoms with E-state index in [-0.39, 0.29) is 17.5 Å². The normalized spacial score (nSPS) is 26.8. The van der Waals surface area contributed by atoms with Gasteiger partial charge >= 0.3 is 0 Å². The summed E-state index contributed by atoms with van der Waals surface area (Å²) in [5.41, 5.74) is 7.08. The van der Waals surface area contributed by atoms with Gasteiger partial charge in [-0.1, -0.05) is 38.5 Å². The van der Waals surface area contributed by atoms with E-state index in [9.17, 15) is 8.42 Å². The zero-order valence-corrected chi connectivity index (χ0v) is 13.3. The number of rotatable bonds is 3. The Morgan fingerprint density at radius 1 is 1.19 bits per heavy atom. The Kier molecular flexibility index (Phi) is 4.24. The molecule has 0 aromatic carbocycles. The van der Waals surface area contributed by atoms with Gasteiger partial charge in [0.1, 0.15) is 5.82 Å². The van der Waals surface area contributed by atoms with E-state index in [0.29, 0.717) is 18.2 Å². The van der Waals surface area contributed by atoms with Crippen LogP contribution in [0.1, 0.15) is 56.7 Å². The summed E-state index contributed by atoms with van der Waals surface area (Å²) in [7, 11) is -2.90. The van der Waals surface area contributed by atoms with E-state index in [1.165, 1.54) is 38.5 Å². The van der Waals surface area contributed by atoms with Crippen molar-refractivity contribution in [2.45, 2.75) is 57.4 Å². The van der Waals surface area contributed by atoms with Crippen LogP contribution in [0.2, 0.25) is 0 Å². The van der Waals surface area contributed by atoms with E-state index in [0.717, 1.165) is 12.1 Å². The molecule has 1 aromatic heterocycles. The molecule has 2 heterocycles. The van der Waals surface area contributed by atoms with Gasteiger partial charge in [0.25, 0.3) is 0 Å². The Bertz CT molecular complexity index is 586. The van der Waals surface area contributed by atoms with Gasteiger partial charge in [0.05, 0.1) is 23.2 Å². The average Bonchev–Trinajstić information content (AvgIpc) is 2.83. The third-order valence-corrected chi connectivity index (χ3v) is 6.59. The summed E-state index contributed by atoms with van der Waals surface area (Å²) in [4.78, 5) is 0. The summed E-state index contributed by atoms with van der Waals surface area (Å²) in [5.74, 6) is 1.76. The lowest BCUT2D eigenvalue weighted by Gasteiger charge is -2.12. The first kappa shape index (κ1) is 14.9. The molecule has 1 aromatic rings. The standard InChI is InChI=1S/C15H25N3O2S/c16-15-10-13(9-12-5-3-1-2-4-6-12)17-18(15)14-7-8-21(19,20)11-14/h10,12,14H,1-9,11,16H2. The number of sulfone groups is 1. The first-order valence-corrected chi connectivity index (χ1v) is 9.90. The van der Waals surface area contributed by atoms with Crippen LogP contribution < -0.4 is 5.73 Å². The van der Waals surface area contributed by atoms with Crippen molar-refractivity contribution in [1.82, 2.24) is 9.78 Å². The van der Waals surface area contributed by atoms with Crippen molar-refractivity contribution in [3.63, 3.8) is 0 Å². The average molecular weight is 311 g/mol. The van der Waals surface area contributed by atoms with Crippen molar-refractivity contribution in [2.75, 3.05) is 17.2 Å². The largest absolute Gasteiger partial charge is 0.384 e. The lowest BCUT2D eigenvalue weighted by molar-refractivity contribution is 0.443. The fourth-order valence-corrected chi connectivity index (χ4v) is 5.38. The molecular formula is C15H25N3O2S. The maximum Gasteiger partial charge on any atom is 0.152 e. The number of nitrogen functional groups attached to an aromatic ring is 1. The molecule has 1 aliphatic carbocycles. The molecular weight excluding hydrogens is 286 g/mol. The minimum atomic E-state index is -2.90. The van der Waals surface area contributed by atoms with Gasteiger partial charge in [-0.3, -0.25) is 0 Å². The third kappa shape index (κ3) is 3.59. The zero-order chi connectivity index (χ0) is 14.9. The van der Waals surface area contributed by atoms with E-state index in [1.54, 1.807) is 4.68 Å². The van der Waals surface area contributed by atoms with Crippen LogP contribution in [0.25, 0.3) is 0 Å². The minimum absolute atomic E-state index is 0.0714. The quantitative estimate of drug-likeness (QED) is 0.869. The molecule has 1 atom stereocenters. The second-order valence-corrected chi connectivity index (χ2v) is 8.85. The summed E-state index contributed by atoms with van der Waals surface area (Å²) < 4.78 is 25.0. The lowest BCUT2D eigenvalue weighted by Crippen LogP contribution is -2.15. The topological polar surface area (TPSA) is 78.0 Å². The van der Waals surface area contributed by atoms with Gasteiger partial charge in [-0.2, -0.15) is 5.10 Å². The van der Waals surface area contributed by atoms with Crippen LogP contribution in [0.15, 0.2) is 6.07 Å². The van der Waals surface area contributed by atoms with Crippen molar-refractivity contribution < 1.29 is 8.42 Å². The fraction of sp³-hybridized carbons (Fsp3) is 0.800. The lowest BCUT2D eigenvalue weighted by atomic mass is 9.95. The molecule has 0 radical (unpaired) electrons. The smallest absolute Gasteiger partial charge is 0.152 e. The van der Waals surface area contributed by atoms with Gasteiger partial charge in [-0.25, -0.2) is 13.1 Å². The number of hydrogen-bond acceptors (Lipinski definition) is 4. The molecule has 6 heteroatoms. The molecule has 0 amide bonds. The number of nitrogens with zero attached hydrogens (tertiary/aromatic N) is 2. The van der Waals surface area contributed by atoms with E-state index in [2.05, 4.69) is 5.10 Å². The minimum Gasteiger partial charge on any atom is -0.384 e. The summed E-state index contributed by atoms with van der Waals surface area (Å²) in [5, 5.41) is 4.61. The van der Waals surface area contributed by atoms with Crippen molar-refractivity contribution in [2.24, 2.45) is 5.92 Å². The maximum atomic E-state index is 11.6. The number of aromatic nitrogens is 2. The first-order chi connectivity index (χ1) is 10.0. The Hall–Kier alpha value is -1.04. The van der Waals surface area contributed by atoms with Crippen LogP contribution in [0.3, 0.4) is 0 Å². The molecule has 5 nitrogen and oxygen atoms in total. The molecule has 2 aliphatic rings. The Labute approximate surface area is 126 Å². The molecule has 1 saturated carbocycles. The van der Waals surface area contributed by atoms with Gasteiger partial charge < -0.3 is 5.73 Å². The summed E-state index contributed by atoms with van der Waals surface area (Å²) >= 11 is 0. The van der Waals surface area contributed by atoms with E-state index >= 15 is 0 Å². The molecule has 21 heavy (non-hydrogen) atoms. The molecule has 1 aliphatic heterocycles. The summed E-state index contributed by atoms with van der Waals surface area (Å²) in [6.45, 7) is 0. The van der Waals surface area contributed by atoms with Gasteiger partial charge in [-0.15, -0.1) is 0 Å². The van der Waals surface area contributed by atoms with Gasteiger partial charge in [-0.05, 0) is 18.8 Å². The molecule has 0 spiro atoms. The van der Waals surface area contributed by atoms with Gasteiger partial charge in [0.15, 0.2) is 9.84 Å². The van der Waals surface area contributed by atoms with Crippen LogP contribution >= 0.6 is 0 Å². The number of hydrogen-bond donors (Lipinski definition) is 1. The summed E-state index contributed by atoms with van der Waals surface area (Å²) in [6, 6.07) is 1.87. The van der Waals surface area contributed by atoms with E-state index < -0.39 is 9.84 Å². The molecule has 1 unspecified atom stereocenters. The van der Waals surface area contributed by atoms with E-state index in [4.69, 9.17) is 5.73 Å². The van der Waals surface area contributed by atoms with Crippen LogP contribution in [-0.2, 0) is 16.3 Å². The number of nitrogens with two attached hydrogens (primary N) is 1. The highest BCUT2D eigenvalue weighted by Gasteiger charge is 2.31. The monoisotopic (exact) mass is 311 g/mol. The van der Waals surface area contributed by atoms with Crippen molar-refractivity contribution in [3.8, 4) is 0 Å².